The Balaban J connectivity index is 2.18. The lowest BCUT2D eigenvalue weighted by atomic mass is 10.0. The van der Waals surface area contributed by atoms with Crippen molar-refractivity contribution in [3.05, 3.63) is 60.6 Å². The van der Waals surface area contributed by atoms with Gasteiger partial charge < -0.3 is 13.9 Å². The standard InChI is InChI=1S/C15H10O4/c16-15(17)12-8-10(13-3-1-5-18-13)7-11(9-12)14-4-2-6-19-14/h1-9H,(H,16,17). The van der Waals surface area contributed by atoms with Gasteiger partial charge in [-0.3, -0.25) is 0 Å². The largest absolute Gasteiger partial charge is 0.478 e. The van der Waals surface area contributed by atoms with Crippen LogP contribution in [0.1, 0.15) is 10.4 Å². The third kappa shape index (κ3) is 2.15. The van der Waals surface area contributed by atoms with Gasteiger partial charge >= 0.3 is 5.97 Å². The summed E-state index contributed by atoms with van der Waals surface area (Å²) in [5.41, 5.74) is 1.60. The van der Waals surface area contributed by atoms with E-state index in [2.05, 4.69) is 0 Å². The minimum atomic E-state index is -0.985. The maximum absolute atomic E-state index is 11.2. The quantitative estimate of drug-likeness (QED) is 0.769. The zero-order chi connectivity index (χ0) is 13.2. The minimum Gasteiger partial charge on any atom is -0.478 e. The summed E-state index contributed by atoms with van der Waals surface area (Å²) in [7, 11) is 0. The Labute approximate surface area is 108 Å². The molecule has 3 rings (SSSR count). The number of aromatic carboxylic acids is 1. The molecule has 19 heavy (non-hydrogen) atoms. The van der Waals surface area contributed by atoms with Crippen LogP contribution in [0, 0.1) is 0 Å². The van der Waals surface area contributed by atoms with E-state index in [4.69, 9.17) is 13.9 Å². The highest BCUT2D eigenvalue weighted by atomic mass is 16.4. The maximum atomic E-state index is 11.2. The Morgan fingerprint density at radius 2 is 1.42 bits per heavy atom. The minimum absolute atomic E-state index is 0.195. The highest BCUT2D eigenvalue weighted by Crippen LogP contribution is 2.28. The summed E-state index contributed by atoms with van der Waals surface area (Å²) in [6.07, 6.45) is 3.10. The van der Waals surface area contributed by atoms with E-state index in [9.17, 15) is 4.79 Å². The summed E-state index contributed by atoms with van der Waals surface area (Å²) in [5, 5.41) is 9.17. The van der Waals surface area contributed by atoms with Crippen molar-refractivity contribution in [1.29, 1.82) is 0 Å². The normalized spacial score (nSPS) is 10.5. The Morgan fingerprint density at radius 1 is 0.895 bits per heavy atom. The van der Waals surface area contributed by atoms with Gasteiger partial charge in [-0.1, -0.05) is 0 Å². The highest BCUT2D eigenvalue weighted by Gasteiger charge is 2.12. The van der Waals surface area contributed by atoms with Crippen molar-refractivity contribution in [2.24, 2.45) is 0 Å². The summed E-state index contributed by atoms with van der Waals surface area (Å²) < 4.78 is 10.6. The topological polar surface area (TPSA) is 63.6 Å². The second kappa shape index (κ2) is 4.49. The van der Waals surface area contributed by atoms with Gasteiger partial charge in [0.15, 0.2) is 0 Å². The molecule has 0 saturated carbocycles. The zero-order valence-corrected chi connectivity index (χ0v) is 9.87. The number of carboxylic acid groups (broad SMARTS) is 1. The van der Waals surface area contributed by atoms with Crippen molar-refractivity contribution in [2.75, 3.05) is 0 Å². The number of furan rings is 2. The van der Waals surface area contributed by atoms with E-state index in [0.29, 0.717) is 22.6 Å². The second-order valence-electron chi connectivity index (χ2n) is 4.06. The first kappa shape index (κ1) is 11.3. The molecule has 0 radical (unpaired) electrons. The molecule has 3 aromatic rings. The summed E-state index contributed by atoms with van der Waals surface area (Å²) in [6.45, 7) is 0. The van der Waals surface area contributed by atoms with Crippen LogP contribution >= 0.6 is 0 Å². The first-order valence-corrected chi connectivity index (χ1v) is 5.70. The molecule has 0 aliphatic carbocycles. The summed E-state index contributed by atoms with van der Waals surface area (Å²) in [4.78, 5) is 11.2. The van der Waals surface area contributed by atoms with Crippen molar-refractivity contribution < 1.29 is 18.7 Å². The van der Waals surface area contributed by atoms with E-state index < -0.39 is 5.97 Å². The van der Waals surface area contributed by atoms with Gasteiger partial charge in [-0.15, -0.1) is 0 Å². The van der Waals surface area contributed by atoms with Crippen LogP contribution in [-0.4, -0.2) is 11.1 Å². The molecule has 0 fully saturated rings. The van der Waals surface area contributed by atoms with Crippen LogP contribution in [0.2, 0.25) is 0 Å². The van der Waals surface area contributed by atoms with Crippen molar-refractivity contribution in [3.8, 4) is 22.6 Å². The van der Waals surface area contributed by atoms with Gasteiger partial charge in [0, 0.05) is 11.1 Å². The van der Waals surface area contributed by atoms with Crippen molar-refractivity contribution >= 4 is 5.97 Å². The molecule has 0 unspecified atom stereocenters. The Bertz CT molecular complexity index is 641. The van der Waals surface area contributed by atoms with E-state index in [-0.39, 0.29) is 5.56 Å². The lowest BCUT2D eigenvalue weighted by Crippen LogP contribution is -1.97. The molecule has 0 saturated heterocycles. The molecule has 0 amide bonds. The van der Waals surface area contributed by atoms with E-state index in [1.807, 2.05) is 6.07 Å². The van der Waals surface area contributed by atoms with Crippen LogP contribution in [0.15, 0.2) is 63.8 Å². The Morgan fingerprint density at radius 3 is 1.79 bits per heavy atom. The predicted molar refractivity (Wildman–Crippen MR) is 68.8 cm³/mol. The monoisotopic (exact) mass is 254 g/mol. The van der Waals surface area contributed by atoms with Crippen LogP contribution < -0.4 is 0 Å². The summed E-state index contributed by atoms with van der Waals surface area (Å²) >= 11 is 0. The molecular weight excluding hydrogens is 244 g/mol. The SMILES string of the molecule is O=C(O)c1cc(-c2ccco2)cc(-c2ccco2)c1. The molecule has 2 aromatic heterocycles. The number of rotatable bonds is 3. The van der Waals surface area contributed by atoms with Crippen LogP contribution in [-0.2, 0) is 0 Å². The lowest BCUT2D eigenvalue weighted by Gasteiger charge is -2.04. The van der Waals surface area contributed by atoms with Gasteiger partial charge in [0.05, 0.1) is 18.1 Å². The van der Waals surface area contributed by atoms with Crippen LogP contribution in [0.4, 0.5) is 0 Å². The fraction of sp³-hybridized carbons (Fsp3) is 0. The van der Waals surface area contributed by atoms with E-state index in [1.54, 1.807) is 48.9 Å². The molecule has 0 spiro atoms. The fourth-order valence-electron chi connectivity index (χ4n) is 1.92. The number of carbonyl (C=O) groups is 1. The molecule has 4 heteroatoms. The number of carboxylic acids is 1. The zero-order valence-electron chi connectivity index (χ0n) is 9.87. The van der Waals surface area contributed by atoms with E-state index in [0.717, 1.165) is 0 Å². The molecule has 0 bridgehead atoms. The molecule has 0 aliphatic rings. The van der Waals surface area contributed by atoms with Gasteiger partial charge in [0.25, 0.3) is 0 Å². The molecule has 94 valence electrons. The molecule has 0 atom stereocenters. The third-order valence-electron chi connectivity index (χ3n) is 2.79. The first-order valence-electron chi connectivity index (χ1n) is 5.70. The van der Waals surface area contributed by atoms with Gasteiger partial charge in [0.1, 0.15) is 11.5 Å². The lowest BCUT2D eigenvalue weighted by molar-refractivity contribution is 0.0697. The van der Waals surface area contributed by atoms with Crippen LogP contribution in [0.5, 0.6) is 0 Å². The fourth-order valence-corrected chi connectivity index (χ4v) is 1.92. The second-order valence-corrected chi connectivity index (χ2v) is 4.06. The molecule has 0 aliphatic heterocycles. The smallest absolute Gasteiger partial charge is 0.335 e. The van der Waals surface area contributed by atoms with Gasteiger partial charge in [-0.25, -0.2) is 4.79 Å². The first-order chi connectivity index (χ1) is 9.24. The van der Waals surface area contributed by atoms with Crippen molar-refractivity contribution in [2.45, 2.75) is 0 Å². The van der Waals surface area contributed by atoms with Gasteiger partial charge in [0.2, 0.25) is 0 Å². The van der Waals surface area contributed by atoms with Crippen molar-refractivity contribution in [1.82, 2.24) is 0 Å². The molecule has 1 N–H and O–H groups in total. The summed E-state index contributed by atoms with van der Waals surface area (Å²) in [5.74, 6) is 0.257. The molecular formula is C15H10O4. The Hall–Kier alpha value is -2.75. The number of hydrogen-bond acceptors (Lipinski definition) is 3. The number of hydrogen-bond donors (Lipinski definition) is 1. The van der Waals surface area contributed by atoms with Crippen LogP contribution in [0.3, 0.4) is 0 Å². The Kier molecular flexibility index (Phi) is 2.68. The molecule has 4 nitrogen and oxygen atoms in total. The predicted octanol–water partition coefficient (Wildman–Crippen LogP) is 3.90. The average Bonchev–Trinajstić information content (AvgIpc) is 3.11. The van der Waals surface area contributed by atoms with E-state index in [1.165, 1.54) is 0 Å². The maximum Gasteiger partial charge on any atom is 0.335 e. The summed E-state index contributed by atoms with van der Waals surface area (Å²) in [6, 6.07) is 12.1. The molecule has 2 heterocycles. The van der Waals surface area contributed by atoms with Crippen molar-refractivity contribution in [3.63, 3.8) is 0 Å². The molecule has 1 aromatic carbocycles. The third-order valence-corrected chi connectivity index (χ3v) is 2.79. The van der Waals surface area contributed by atoms with E-state index >= 15 is 0 Å². The average molecular weight is 254 g/mol. The number of benzene rings is 1. The van der Waals surface area contributed by atoms with Gasteiger partial charge in [-0.05, 0) is 42.5 Å². The van der Waals surface area contributed by atoms with Gasteiger partial charge in [-0.2, -0.15) is 0 Å². The van der Waals surface area contributed by atoms with Crippen LogP contribution in [0.25, 0.3) is 22.6 Å². The highest BCUT2D eigenvalue weighted by molar-refractivity contribution is 5.91.